The van der Waals surface area contributed by atoms with E-state index in [-0.39, 0.29) is 0 Å². The molecule has 2 fully saturated rings. The van der Waals surface area contributed by atoms with Crippen molar-refractivity contribution in [1.29, 1.82) is 0 Å². The lowest BCUT2D eigenvalue weighted by molar-refractivity contribution is 0.673. The van der Waals surface area contributed by atoms with E-state index < -0.39 is 0 Å². The van der Waals surface area contributed by atoms with Crippen LogP contribution in [0.25, 0.3) is 0 Å². The second-order valence-corrected chi connectivity index (χ2v) is 6.99. The van der Waals surface area contributed by atoms with Crippen molar-refractivity contribution < 1.29 is 0 Å². The van der Waals surface area contributed by atoms with Crippen molar-refractivity contribution in [3.05, 3.63) is 34.9 Å². The van der Waals surface area contributed by atoms with Crippen LogP contribution in [0.4, 0.5) is 0 Å². The Hall–Kier alpha value is -0.430. The minimum absolute atomic E-state index is 0.981. The highest BCUT2D eigenvalue weighted by Gasteiger charge is 2.41. The van der Waals surface area contributed by atoms with Crippen molar-refractivity contribution in [1.82, 2.24) is 0 Å². The summed E-state index contributed by atoms with van der Waals surface area (Å²) in [5, 5.41) is 0.981. The second-order valence-electron chi connectivity index (χ2n) is 5.82. The predicted molar refractivity (Wildman–Crippen MR) is 76.4 cm³/mol. The standard InChI is InChI=1S/C16H22S/c1-11-4-3-5-12(2)15(11)10-17-16(13-6-7-13)14-8-9-14/h3-5,13-14,16H,6-10H2,1-2H3. The third kappa shape index (κ3) is 2.70. The molecule has 0 saturated heterocycles. The van der Waals surface area contributed by atoms with Crippen LogP contribution in [0.3, 0.4) is 0 Å². The first-order valence-corrected chi connectivity index (χ1v) is 7.97. The van der Waals surface area contributed by atoms with E-state index in [1.807, 2.05) is 0 Å². The van der Waals surface area contributed by atoms with Crippen LogP contribution in [0, 0.1) is 25.7 Å². The van der Waals surface area contributed by atoms with Crippen LogP contribution < -0.4 is 0 Å². The van der Waals surface area contributed by atoms with Gasteiger partial charge in [0.1, 0.15) is 0 Å². The Kier molecular flexibility index (Phi) is 3.21. The molecule has 1 aromatic rings. The van der Waals surface area contributed by atoms with E-state index in [2.05, 4.69) is 43.8 Å². The number of thioether (sulfide) groups is 1. The van der Waals surface area contributed by atoms with Crippen molar-refractivity contribution in [2.75, 3.05) is 0 Å². The molecule has 0 radical (unpaired) electrons. The van der Waals surface area contributed by atoms with Gasteiger partial charge in [0, 0.05) is 11.0 Å². The lowest BCUT2D eigenvalue weighted by Gasteiger charge is -2.17. The van der Waals surface area contributed by atoms with Gasteiger partial charge in [-0.1, -0.05) is 18.2 Å². The average Bonchev–Trinajstić information content (AvgIpc) is 3.15. The van der Waals surface area contributed by atoms with E-state index in [0.29, 0.717) is 0 Å². The fraction of sp³-hybridized carbons (Fsp3) is 0.625. The van der Waals surface area contributed by atoms with Crippen molar-refractivity contribution in [3.8, 4) is 0 Å². The normalized spacial score (nSPS) is 19.9. The number of benzene rings is 1. The first kappa shape index (κ1) is 11.6. The lowest BCUT2D eigenvalue weighted by Crippen LogP contribution is -2.09. The molecule has 0 amide bonds. The summed E-state index contributed by atoms with van der Waals surface area (Å²) < 4.78 is 0. The van der Waals surface area contributed by atoms with Crippen LogP contribution in [0.2, 0.25) is 0 Å². The molecule has 0 N–H and O–H groups in total. The van der Waals surface area contributed by atoms with Gasteiger partial charge in [0.15, 0.2) is 0 Å². The van der Waals surface area contributed by atoms with Crippen molar-refractivity contribution in [2.24, 2.45) is 11.8 Å². The summed E-state index contributed by atoms with van der Waals surface area (Å²) in [6, 6.07) is 6.69. The minimum atomic E-state index is 0.981. The van der Waals surface area contributed by atoms with Crippen LogP contribution in [0.5, 0.6) is 0 Å². The maximum atomic E-state index is 2.26. The van der Waals surface area contributed by atoms with Gasteiger partial charge in [-0.25, -0.2) is 0 Å². The molecule has 1 aromatic carbocycles. The topological polar surface area (TPSA) is 0 Å². The molecule has 92 valence electrons. The Balaban J connectivity index is 1.66. The predicted octanol–water partition coefficient (Wildman–Crippen LogP) is 4.73. The van der Waals surface area contributed by atoms with E-state index in [1.165, 1.54) is 42.6 Å². The molecule has 0 unspecified atom stereocenters. The molecule has 0 atom stereocenters. The average molecular weight is 246 g/mol. The third-order valence-corrected chi connectivity index (χ3v) is 5.85. The van der Waals surface area contributed by atoms with Gasteiger partial charge < -0.3 is 0 Å². The highest BCUT2D eigenvalue weighted by molar-refractivity contribution is 7.99. The first-order chi connectivity index (χ1) is 8.25. The van der Waals surface area contributed by atoms with E-state index in [4.69, 9.17) is 0 Å². The largest absolute Gasteiger partial charge is 0.153 e. The summed E-state index contributed by atoms with van der Waals surface area (Å²) >= 11 is 2.24. The maximum absolute atomic E-state index is 2.26. The molecular formula is C16H22S. The maximum Gasteiger partial charge on any atom is 0.0192 e. The smallest absolute Gasteiger partial charge is 0.0192 e. The number of aryl methyl sites for hydroxylation is 2. The lowest BCUT2D eigenvalue weighted by atomic mass is 10.1. The zero-order valence-electron chi connectivity index (χ0n) is 10.9. The molecule has 1 heteroatoms. The molecule has 2 saturated carbocycles. The Morgan fingerprint density at radius 2 is 1.59 bits per heavy atom. The second kappa shape index (κ2) is 4.68. The molecule has 0 aromatic heterocycles. The first-order valence-electron chi connectivity index (χ1n) is 6.92. The minimum Gasteiger partial charge on any atom is -0.153 e. The van der Waals surface area contributed by atoms with Gasteiger partial charge in [-0.05, 0) is 68.1 Å². The molecular weight excluding hydrogens is 224 g/mol. The van der Waals surface area contributed by atoms with E-state index in [1.54, 1.807) is 5.56 Å². The van der Waals surface area contributed by atoms with Crippen LogP contribution >= 0.6 is 11.8 Å². The molecule has 3 rings (SSSR count). The molecule has 2 aliphatic carbocycles. The Bertz CT molecular complexity index is 370. The van der Waals surface area contributed by atoms with Crippen LogP contribution in [0.15, 0.2) is 18.2 Å². The number of hydrogen-bond donors (Lipinski definition) is 0. The van der Waals surface area contributed by atoms with Crippen molar-refractivity contribution in [2.45, 2.75) is 50.5 Å². The molecule has 2 aliphatic rings. The van der Waals surface area contributed by atoms with E-state index >= 15 is 0 Å². The van der Waals surface area contributed by atoms with Crippen LogP contribution in [-0.2, 0) is 5.75 Å². The quantitative estimate of drug-likeness (QED) is 0.724. The summed E-state index contributed by atoms with van der Waals surface area (Å²) in [6.07, 6.45) is 6.00. The SMILES string of the molecule is Cc1cccc(C)c1CSC(C1CC1)C1CC1. The van der Waals surface area contributed by atoms with Gasteiger partial charge in [-0.2, -0.15) is 11.8 Å². The molecule has 17 heavy (non-hydrogen) atoms. The zero-order chi connectivity index (χ0) is 11.8. The third-order valence-electron chi connectivity index (χ3n) is 4.24. The van der Waals surface area contributed by atoms with Gasteiger partial charge in [0.2, 0.25) is 0 Å². The summed E-state index contributed by atoms with van der Waals surface area (Å²) in [7, 11) is 0. The van der Waals surface area contributed by atoms with E-state index in [0.717, 1.165) is 17.1 Å². The van der Waals surface area contributed by atoms with Gasteiger partial charge in [-0.15, -0.1) is 0 Å². The molecule has 0 bridgehead atoms. The fourth-order valence-corrected chi connectivity index (χ4v) is 4.67. The number of hydrogen-bond acceptors (Lipinski definition) is 1. The van der Waals surface area contributed by atoms with E-state index in [9.17, 15) is 0 Å². The fourth-order valence-electron chi connectivity index (χ4n) is 2.76. The monoisotopic (exact) mass is 246 g/mol. The van der Waals surface area contributed by atoms with Gasteiger partial charge in [0.25, 0.3) is 0 Å². The van der Waals surface area contributed by atoms with Gasteiger partial charge in [-0.3, -0.25) is 0 Å². The Labute approximate surface area is 109 Å². The van der Waals surface area contributed by atoms with Crippen LogP contribution in [0.1, 0.15) is 42.4 Å². The molecule has 0 heterocycles. The zero-order valence-corrected chi connectivity index (χ0v) is 11.7. The van der Waals surface area contributed by atoms with Crippen molar-refractivity contribution in [3.63, 3.8) is 0 Å². The molecule has 0 spiro atoms. The Morgan fingerprint density at radius 3 is 2.06 bits per heavy atom. The van der Waals surface area contributed by atoms with Crippen LogP contribution in [-0.4, -0.2) is 5.25 Å². The Morgan fingerprint density at radius 1 is 1.06 bits per heavy atom. The molecule has 0 nitrogen and oxygen atoms in total. The summed E-state index contributed by atoms with van der Waals surface area (Å²) in [5.41, 5.74) is 4.54. The molecule has 0 aliphatic heterocycles. The highest BCUT2D eigenvalue weighted by Crippen LogP contribution is 2.51. The number of rotatable bonds is 5. The highest BCUT2D eigenvalue weighted by atomic mass is 32.2. The summed E-state index contributed by atoms with van der Waals surface area (Å²) in [4.78, 5) is 0. The summed E-state index contributed by atoms with van der Waals surface area (Å²) in [5.74, 6) is 3.37. The van der Waals surface area contributed by atoms with Crippen molar-refractivity contribution >= 4 is 11.8 Å². The van der Waals surface area contributed by atoms with Gasteiger partial charge >= 0.3 is 0 Å². The van der Waals surface area contributed by atoms with Gasteiger partial charge in [0.05, 0.1) is 0 Å². The summed E-state index contributed by atoms with van der Waals surface area (Å²) in [6.45, 7) is 4.51.